The van der Waals surface area contributed by atoms with E-state index in [1.807, 2.05) is 0 Å². The Kier molecular flexibility index (Phi) is 6.34. The van der Waals surface area contributed by atoms with Gasteiger partial charge in [-0.2, -0.15) is 0 Å². The van der Waals surface area contributed by atoms with Gasteiger partial charge < -0.3 is 9.84 Å². The quantitative estimate of drug-likeness (QED) is 0.441. The third kappa shape index (κ3) is 3.68. The van der Waals surface area contributed by atoms with Crippen LogP contribution in [0.4, 0.5) is 0 Å². The first-order valence-electron chi connectivity index (χ1n) is 11.6. The number of alkyl halides is 1. The third-order valence-electron chi connectivity index (χ3n) is 8.90. The van der Waals surface area contributed by atoms with Crippen molar-refractivity contribution < 1.29 is 24.2 Å². The molecule has 6 heteroatoms. The summed E-state index contributed by atoms with van der Waals surface area (Å²) in [5, 5.41) is 10.4. The molecule has 4 aliphatic carbocycles. The molecule has 3 saturated carbocycles. The van der Waals surface area contributed by atoms with E-state index in [1.165, 1.54) is 6.08 Å². The number of aliphatic hydroxyl groups excluding tert-OH is 1. The van der Waals surface area contributed by atoms with E-state index in [9.17, 15) is 19.5 Å². The van der Waals surface area contributed by atoms with Crippen molar-refractivity contribution in [3.63, 3.8) is 0 Å². The molecule has 0 spiro atoms. The van der Waals surface area contributed by atoms with E-state index in [4.69, 9.17) is 4.74 Å². The molecule has 0 aromatic rings. The standard InChI is InChI=1S/C25H33BrO5/c1-24-10-9-19-17(18(24)7-8-22(24)31-23(30)4-3-11-26)6-5-15-12-16(28)13-20(21(29)14-27)25(15,19)2/h12-13,17-19,22,27H,3-11,14H2,1-2H3. The van der Waals surface area contributed by atoms with E-state index < -0.39 is 12.0 Å². The first-order chi connectivity index (χ1) is 14.8. The van der Waals surface area contributed by atoms with Gasteiger partial charge >= 0.3 is 5.97 Å². The number of fused-ring (bicyclic) bond motifs is 5. The van der Waals surface area contributed by atoms with Crippen LogP contribution in [0.15, 0.2) is 23.3 Å². The molecule has 170 valence electrons. The molecule has 4 aliphatic rings. The van der Waals surface area contributed by atoms with Crippen LogP contribution in [0.25, 0.3) is 0 Å². The van der Waals surface area contributed by atoms with Gasteiger partial charge in [0.15, 0.2) is 11.6 Å². The Bertz CT molecular complexity index is 845. The van der Waals surface area contributed by atoms with E-state index in [1.54, 1.807) is 6.08 Å². The second-order valence-corrected chi connectivity index (χ2v) is 11.0. The van der Waals surface area contributed by atoms with Gasteiger partial charge in [-0.3, -0.25) is 14.4 Å². The number of carbonyl (C=O) groups is 3. The lowest BCUT2D eigenvalue weighted by atomic mass is 9.46. The lowest BCUT2D eigenvalue weighted by molar-refractivity contribution is -0.159. The molecule has 5 nitrogen and oxygen atoms in total. The summed E-state index contributed by atoms with van der Waals surface area (Å²) in [7, 11) is 0. The molecule has 31 heavy (non-hydrogen) atoms. The average molecular weight is 493 g/mol. The van der Waals surface area contributed by atoms with E-state index >= 15 is 0 Å². The number of hydrogen-bond donors (Lipinski definition) is 1. The summed E-state index contributed by atoms with van der Waals surface area (Å²) in [6.07, 6.45) is 10.0. The molecule has 0 radical (unpaired) electrons. The highest BCUT2D eigenvalue weighted by Crippen LogP contribution is 2.66. The number of Topliss-reactive ketones (excluding diaryl/α,β-unsaturated/α-hetero) is 1. The number of carbonyl (C=O) groups excluding carboxylic acids is 3. The summed E-state index contributed by atoms with van der Waals surface area (Å²) >= 11 is 3.37. The molecule has 0 bridgehead atoms. The number of hydrogen-bond acceptors (Lipinski definition) is 5. The Labute approximate surface area is 192 Å². The average Bonchev–Trinajstić information content (AvgIpc) is 3.07. The maximum atomic E-state index is 12.6. The molecule has 0 saturated heterocycles. The van der Waals surface area contributed by atoms with Gasteiger partial charge in [0.05, 0.1) is 0 Å². The molecule has 1 N–H and O–H groups in total. The summed E-state index contributed by atoms with van der Waals surface area (Å²) < 4.78 is 5.97. The largest absolute Gasteiger partial charge is 0.462 e. The van der Waals surface area contributed by atoms with Crippen LogP contribution in [0, 0.1) is 28.6 Å². The van der Waals surface area contributed by atoms with Gasteiger partial charge in [0.2, 0.25) is 0 Å². The maximum Gasteiger partial charge on any atom is 0.306 e. The van der Waals surface area contributed by atoms with E-state index in [0.717, 1.165) is 55.8 Å². The fourth-order valence-electron chi connectivity index (χ4n) is 7.36. The van der Waals surface area contributed by atoms with Gasteiger partial charge in [0.1, 0.15) is 12.7 Å². The number of rotatable bonds is 6. The number of ether oxygens (including phenoxy) is 1. The molecule has 0 heterocycles. The number of ketones is 2. The van der Waals surface area contributed by atoms with Crippen molar-refractivity contribution in [2.45, 2.75) is 71.3 Å². The molecule has 6 unspecified atom stereocenters. The second kappa shape index (κ2) is 8.58. The summed E-state index contributed by atoms with van der Waals surface area (Å²) in [5.41, 5.74) is 1.03. The van der Waals surface area contributed by atoms with Crippen LogP contribution in [0.5, 0.6) is 0 Å². The van der Waals surface area contributed by atoms with Crippen LogP contribution in [0.3, 0.4) is 0 Å². The van der Waals surface area contributed by atoms with Crippen molar-refractivity contribution in [1.29, 1.82) is 0 Å². The minimum absolute atomic E-state index is 0.0296. The predicted octanol–water partition coefficient (Wildman–Crippen LogP) is 4.31. The molecule has 3 fully saturated rings. The first-order valence-corrected chi connectivity index (χ1v) is 12.7. The van der Waals surface area contributed by atoms with E-state index in [0.29, 0.717) is 23.8 Å². The van der Waals surface area contributed by atoms with Gasteiger partial charge in [-0.05, 0) is 74.9 Å². The van der Waals surface area contributed by atoms with Gasteiger partial charge in [-0.1, -0.05) is 35.4 Å². The molecular formula is C25H33BrO5. The predicted molar refractivity (Wildman–Crippen MR) is 121 cm³/mol. The summed E-state index contributed by atoms with van der Waals surface area (Å²) in [4.78, 5) is 37.2. The maximum absolute atomic E-state index is 12.6. The Morgan fingerprint density at radius 3 is 2.65 bits per heavy atom. The molecule has 0 aromatic heterocycles. The molecule has 4 rings (SSSR count). The lowest BCUT2D eigenvalue weighted by Crippen LogP contribution is -2.53. The van der Waals surface area contributed by atoms with Crippen molar-refractivity contribution in [1.82, 2.24) is 0 Å². The van der Waals surface area contributed by atoms with Gasteiger partial charge in [0.25, 0.3) is 0 Å². The Morgan fingerprint density at radius 1 is 1.16 bits per heavy atom. The van der Waals surface area contributed by atoms with Gasteiger partial charge in [-0.15, -0.1) is 0 Å². The summed E-state index contributed by atoms with van der Waals surface area (Å²) in [6, 6.07) is 0. The lowest BCUT2D eigenvalue weighted by Gasteiger charge is -2.57. The fraction of sp³-hybridized carbons (Fsp3) is 0.720. The number of allylic oxidation sites excluding steroid dienone is 3. The zero-order chi connectivity index (χ0) is 22.4. The molecular weight excluding hydrogens is 460 g/mol. The number of esters is 1. The highest BCUT2D eigenvalue weighted by atomic mass is 79.9. The van der Waals surface area contributed by atoms with Crippen molar-refractivity contribution in [3.05, 3.63) is 23.3 Å². The van der Waals surface area contributed by atoms with Crippen LogP contribution < -0.4 is 0 Å². The second-order valence-electron chi connectivity index (χ2n) is 10.2. The molecule has 6 atom stereocenters. The minimum atomic E-state index is -0.563. The summed E-state index contributed by atoms with van der Waals surface area (Å²) in [5.74, 6) is 0.569. The van der Waals surface area contributed by atoms with Gasteiger partial charge in [-0.25, -0.2) is 0 Å². The third-order valence-corrected chi connectivity index (χ3v) is 9.46. The Morgan fingerprint density at radius 2 is 1.94 bits per heavy atom. The molecule has 0 aromatic carbocycles. The topological polar surface area (TPSA) is 80.7 Å². The molecule has 0 aliphatic heterocycles. The smallest absolute Gasteiger partial charge is 0.306 e. The zero-order valence-corrected chi connectivity index (χ0v) is 20.1. The van der Waals surface area contributed by atoms with Crippen LogP contribution in [0.1, 0.15) is 65.2 Å². The highest BCUT2D eigenvalue weighted by molar-refractivity contribution is 9.09. The van der Waals surface area contributed by atoms with Gasteiger partial charge in [0, 0.05) is 28.2 Å². The Balaban J connectivity index is 1.60. The van der Waals surface area contributed by atoms with Crippen molar-refractivity contribution in [3.8, 4) is 0 Å². The van der Waals surface area contributed by atoms with Crippen molar-refractivity contribution in [2.75, 3.05) is 11.9 Å². The van der Waals surface area contributed by atoms with E-state index in [-0.39, 0.29) is 35.0 Å². The normalized spacial score (nSPS) is 39.0. The SMILES string of the molecule is CC12C(=CC(=O)C=C1C(=O)CO)CCC1C2CCC2(C)C(OC(=O)CCCBr)CCC12. The minimum Gasteiger partial charge on any atom is -0.462 e. The van der Waals surface area contributed by atoms with Crippen molar-refractivity contribution >= 4 is 33.5 Å². The van der Waals surface area contributed by atoms with Crippen molar-refractivity contribution in [2.24, 2.45) is 28.6 Å². The Hall–Kier alpha value is -1.27. The highest BCUT2D eigenvalue weighted by Gasteiger charge is 2.61. The zero-order valence-electron chi connectivity index (χ0n) is 18.5. The monoisotopic (exact) mass is 492 g/mol. The van der Waals surface area contributed by atoms with Crippen LogP contribution in [-0.4, -0.2) is 40.7 Å². The first kappa shape index (κ1) is 22.9. The van der Waals surface area contributed by atoms with Crippen LogP contribution in [0.2, 0.25) is 0 Å². The summed E-state index contributed by atoms with van der Waals surface area (Å²) in [6.45, 7) is 3.83. The number of halogens is 1. The fourth-order valence-corrected chi connectivity index (χ4v) is 7.64. The van der Waals surface area contributed by atoms with Crippen LogP contribution >= 0.6 is 15.9 Å². The molecule has 0 amide bonds. The van der Waals surface area contributed by atoms with Crippen LogP contribution in [-0.2, 0) is 19.1 Å². The number of aliphatic hydroxyl groups is 1. The van der Waals surface area contributed by atoms with E-state index in [2.05, 4.69) is 29.8 Å².